The topological polar surface area (TPSA) is 25.1 Å². The predicted octanol–water partition coefficient (Wildman–Crippen LogP) is 1.73. The second-order valence-corrected chi connectivity index (χ2v) is 5.00. The third-order valence-electron chi connectivity index (χ3n) is 3.98. The van der Waals surface area contributed by atoms with E-state index < -0.39 is 0 Å². The molecule has 0 spiro atoms. The molecule has 0 bridgehead atoms. The summed E-state index contributed by atoms with van der Waals surface area (Å²) in [5, 5.41) is 0. The van der Waals surface area contributed by atoms with Crippen LogP contribution in [0.5, 0.6) is 0 Å². The summed E-state index contributed by atoms with van der Waals surface area (Å²) in [4.78, 5) is 0. The summed E-state index contributed by atoms with van der Waals surface area (Å²) < 4.78 is 11.5. The molecule has 0 N–H and O–H groups in total. The molecule has 2 saturated heterocycles. The van der Waals surface area contributed by atoms with Gasteiger partial charge in [0.2, 0.25) is 0 Å². The van der Waals surface area contributed by atoms with Gasteiger partial charge in [-0.2, -0.15) is 0 Å². The zero-order valence-corrected chi connectivity index (χ0v) is 7.96. The molecular formula is C10H16O2. The van der Waals surface area contributed by atoms with E-state index in [4.69, 9.17) is 9.47 Å². The number of ether oxygens (including phenoxy) is 2. The van der Waals surface area contributed by atoms with Gasteiger partial charge in [-0.15, -0.1) is 0 Å². The summed E-state index contributed by atoms with van der Waals surface area (Å²) in [6, 6.07) is 0. The summed E-state index contributed by atoms with van der Waals surface area (Å²) in [5.74, 6) is 0.649. The molecule has 2 nitrogen and oxygen atoms in total. The fraction of sp³-hybridized carbons (Fsp3) is 1.00. The van der Waals surface area contributed by atoms with Gasteiger partial charge in [-0.3, -0.25) is 0 Å². The van der Waals surface area contributed by atoms with Crippen molar-refractivity contribution < 1.29 is 9.47 Å². The fourth-order valence-corrected chi connectivity index (χ4v) is 2.76. The third kappa shape index (κ3) is 0.647. The van der Waals surface area contributed by atoms with Crippen LogP contribution in [0.15, 0.2) is 0 Å². The molecule has 2 heteroatoms. The maximum absolute atomic E-state index is 5.82. The van der Waals surface area contributed by atoms with Crippen molar-refractivity contribution in [2.75, 3.05) is 0 Å². The van der Waals surface area contributed by atoms with Crippen molar-refractivity contribution >= 4 is 0 Å². The molecule has 1 aliphatic carbocycles. The van der Waals surface area contributed by atoms with Gasteiger partial charge in [0.15, 0.2) is 0 Å². The molecule has 2 aliphatic heterocycles. The molecule has 0 unspecified atom stereocenters. The lowest BCUT2D eigenvalue weighted by Crippen LogP contribution is -2.33. The minimum Gasteiger partial charge on any atom is -0.363 e. The molecule has 12 heavy (non-hydrogen) atoms. The van der Waals surface area contributed by atoms with Crippen LogP contribution in [-0.2, 0) is 9.47 Å². The molecule has 0 aromatic carbocycles. The summed E-state index contributed by atoms with van der Waals surface area (Å²) in [6.07, 6.45) is 3.24. The van der Waals surface area contributed by atoms with Crippen LogP contribution in [0.25, 0.3) is 0 Å². The molecule has 3 fully saturated rings. The van der Waals surface area contributed by atoms with E-state index in [0.717, 1.165) is 0 Å². The Bertz CT molecular complexity index is 238. The van der Waals surface area contributed by atoms with Crippen LogP contribution in [-0.4, -0.2) is 23.4 Å². The van der Waals surface area contributed by atoms with E-state index in [0.29, 0.717) is 18.1 Å². The van der Waals surface area contributed by atoms with Crippen LogP contribution in [0.2, 0.25) is 0 Å². The van der Waals surface area contributed by atoms with Crippen LogP contribution in [0.4, 0.5) is 0 Å². The Morgan fingerprint density at radius 1 is 1.17 bits per heavy atom. The number of rotatable bonds is 1. The van der Waals surface area contributed by atoms with E-state index in [-0.39, 0.29) is 11.2 Å². The van der Waals surface area contributed by atoms with Gasteiger partial charge in [0, 0.05) is 0 Å². The quantitative estimate of drug-likeness (QED) is 0.557. The Balaban J connectivity index is 1.84. The monoisotopic (exact) mass is 168 g/mol. The Hall–Kier alpha value is -0.0800. The Kier molecular flexibility index (Phi) is 1.06. The van der Waals surface area contributed by atoms with Crippen molar-refractivity contribution in [1.29, 1.82) is 0 Å². The van der Waals surface area contributed by atoms with E-state index in [1.165, 1.54) is 12.8 Å². The Labute approximate surface area is 73.2 Å². The van der Waals surface area contributed by atoms with E-state index in [9.17, 15) is 0 Å². The smallest absolute Gasteiger partial charge is 0.117 e. The van der Waals surface area contributed by atoms with E-state index in [2.05, 4.69) is 20.8 Å². The molecule has 3 rings (SSSR count). The van der Waals surface area contributed by atoms with Crippen molar-refractivity contribution in [3.05, 3.63) is 0 Å². The van der Waals surface area contributed by atoms with E-state index in [1.807, 2.05) is 0 Å². The summed E-state index contributed by atoms with van der Waals surface area (Å²) in [6.45, 7) is 6.72. The van der Waals surface area contributed by atoms with Gasteiger partial charge >= 0.3 is 0 Å². The number of hydrogen-bond acceptors (Lipinski definition) is 2. The highest BCUT2D eigenvalue weighted by Gasteiger charge is 2.75. The SMILES string of the molecule is CC(C)[C@]12CC[C@@]3(C)O[C@H]3[C@@H]1O2. The minimum atomic E-state index is 0.194. The lowest BCUT2D eigenvalue weighted by atomic mass is 9.77. The highest BCUT2D eigenvalue weighted by molar-refractivity contribution is 5.23. The Morgan fingerprint density at radius 2 is 1.92 bits per heavy atom. The maximum atomic E-state index is 5.82. The van der Waals surface area contributed by atoms with Crippen molar-refractivity contribution in [2.24, 2.45) is 5.92 Å². The molecule has 0 radical (unpaired) electrons. The average molecular weight is 168 g/mol. The lowest BCUT2D eigenvalue weighted by molar-refractivity contribution is 0.193. The van der Waals surface area contributed by atoms with Gasteiger partial charge < -0.3 is 9.47 Å². The third-order valence-corrected chi connectivity index (χ3v) is 3.98. The predicted molar refractivity (Wildman–Crippen MR) is 45.0 cm³/mol. The van der Waals surface area contributed by atoms with Crippen LogP contribution >= 0.6 is 0 Å². The molecule has 1 saturated carbocycles. The van der Waals surface area contributed by atoms with Crippen LogP contribution in [0.1, 0.15) is 33.6 Å². The summed E-state index contributed by atoms with van der Waals surface area (Å²) >= 11 is 0. The van der Waals surface area contributed by atoms with Gasteiger partial charge in [-0.05, 0) is 25.7 Å². The Morgan fingerprint density at radius 3 is 2.58 bits per heavy atom. The van der Waals surface area contributed by atoms with Crippen LogP contribution < -0.4 is 0 Å². The number of epoxide rings is 2. The zero-order chi connectivity index (χ0) is 8.56. The molecule has 2 heterocycles. The molecule has 68 valence electrons. The average Bonchev–Trinajstić information content (AvgIpc) is 2.76. The molecule has 4 atom stereocenters. The lowest BCUT2D eigenvalue weighted by Gasteiger charge is -2.21. The largest absolute Gasteiger partial charge is 0.363 e. The second-order valence-electron chi connectivity index (χ2n) is 5.00. The highest BCUT2D eigenvalue weighted by Crippen LogP contribution is 2.63. The molecule has 0 aromatic rings. The van der Waals surface area contributed by atoms with Crippen molar-refractivity contribution in [1.82, 2.24) is 0 Å². The molecule has 0 aromatic heterocycles. The van der Waals surface area contributed by atoms with Gasteiger partial charge in [0.05, 0.1) is 11.2 Å². The van der Waals surface area contributed by atoms with Gasteiger partial charge in [0.1, 0.15) is 12.2 Å². The zero-order valence-electron chi connectivity index (χ0n) is 7.96. The molecule has 3 aliphatic rings. The van der Waals surface area contributed by atoms with Crippen LogP contribution in [0.3, 0.4) is 0 Å². The normalized spacial score (nSPS) is 61.0. The molecular weight excluding hydrogens is 152 g/mol. The first-order valence-electron chi connectivity index (χ1n) is 4.94. The highest BCUT2D eigenvalue weighted by atomic mass is 16.7. The first kappa shape index (κ1) is 7.34. The standard InChI is InChI=1S/C10H16O2/c1-6(2)10-5-4-9(3)7(11-9)8(10)12-10/h6-8H,4-5H2,1-3H3/t7-,8-,9+,10+/m0/s1. The van der Waals surface area contributed by atoms with Crippen LogP contribution in [0, 0.1) is 5.92 Å². The second kappa shape index (κ2) is 1.73. The molecule has 0 amide bonds. The van der Waals surface area contributed by atoms with Crippen molar-refractivity contribution in [3.8, 4) is 0 Å². The first-order valence-corrected chi connectivity index (χ1v) is 4.94. The van der Waals surface area contributed by atoms with E-state index in [1.54, 1.807) is 0 Å². The first-order chi connectivity index (χ1) is 5.58. The van der Waals surface area contributed by atoms with Gasteiger partial charge in [0.25, 0.3) is 0 Å². The fourth-order valence-electron chi connectivity index (χ4n) is 2.76. The van der Waals surface area contributed by atoms with E-state index >= 15 is 0 Å². The van der Waals surface area contributed by atoms with Crippen molar-refractivity contribution in [2.45, 2.75) is 57.0 Å². The van der Waals surface area contributed by atoms with Gasteiger partial charge in [-0.25, -0.2) is 0 Å². The van der Waals surface area contributed by atoms with Crippen molar-refractivity contribution in [3.63, 3.8) is 0 Å². The summed E-state index contributed by atoms with van der Waals surface area (Å²) in [5.41, 5.74) is 0.403. The summed E-state index contributed by atoms with van der Waals surface area (Å²) in [7, 11) is 0. The minimum absolute atomic E-state index is 0.194. The number of fused-ring (bicyclic) bond motifs is 3. The van der Waals surface area contributed by atoms with Gasteiger partial charge in [-0.1, -0.05) is 13.8 Å². The maximum Gasteiger partial charge on any atom is 0.117 e. The number of hydrogen-bond donors (Lipinski definition) is 0.